The maximum atomic E-state index is 11.3. The summed E-state index contributed by atoms with van der Waals surface area (Å²) in [5.74, 6) is 0.844. The molecule has 0 atom stereocenters. The van der Waals surface area contributed by atoms with Crippen molar-refractivity contribution in [3.8, 4) is 11.4 Å². The zero-order valence-corrected chi connectivity index (χ0v) is 10.4. The van der Waals surface area contributed by atoms with Gasteiger partial charge in [0, 0.05) is 30.3 Å². The molecule has 0 spiro atoms. The first kappa shape index (κ1) is 12.7. The Morgan fingerprint density at radius 2 is 2.44 bits per heavy atom. The second-order valence-corrected chi connectivity index (χ2v) is 4.38. The Balaban J connectivity index is 1.86. The smallest absolute Gasteiger partial charge is 0.227 e. The number of aromatic nitrogens is 2. The summed E-state index contributed by atoms with van der Waals surface area (Å²) in [4.78, 5) is 15.5. The summed E-state index contributed by atoms with van der Waals surface area (Å²) in [6.45, 7) is 0.206. The summed E-state index contributed by atoms with van der Waals surface area (Å²) in [5, 5.41) is 18.8. The van der Waals surface area contributed by atoms with Crippen LogP contribution >= 0.6 is 11.3 Å². The van der Waals surface area contributed by atoms with Gasteiger partial charge in [0.05, 0.1) is 6.61 Å². The van der Waals surface area contributed by atoms with Crippen molar-refractivity contribution in [1.29, 1.82) is 0 Å². The van der Waals surface area contributed by atoms with Gasteiger partial charge in [-0.15, -0.1) is 0 Å². The first-order chi connectivity index (χ1) is 8.79. The largest absolute Gasteiger partial charge is 0.395 e. The molecule has 0 saturated carbocycles. The zero-order chi connectivity index (χ0) is 12.8. The molecule has 0 unspecified atom stereocenters. The maximum Gasteiger partial charge on any atom is 0.227 e. The number of aliphatic hydroxyl groups is 1. The molecule has 0 aliphatic carbocycles. The van der Waals surface area contributed by atoms with Gasteiger partial charge in [0.15, 0.2) is 0 Å². The molecule has 0 fully saturated rings. The predicted octanol–water partition coefficient (Wildman–Crippen LogP) is 0.839. The number of rotatable bonds is 6. The molecule has 18 heavy (non-hydrogen) atoms. The van der Waals surface area contributed by atoms with Crippen LogP contribution in [-0.2, 0) is 11.2 Å². The number of carbonyl (C=O) groups excluding carboxylic acids is 1. The maximum absolute atomic E-state index is 11.3. The number of nitrogens with one attached hydrogen (secondary N) is 1. The third-order valence-corrected chi connectivity index (χ3v) is 2.93. The van der Waals surface area contributed by atoms with E-state index >= 15 is 0 Å². The van der Waals surface area contributed by atoms with Crippen molar-refractivity contribution in [3.63, 3.8) is 0 Å². The number of hydrogen-bond donors (Lipinski definition) is 2. The highest BCUT2D eigenvalue weighted by atomic mass is 32.1. The van der Waals surface area contributed by atoms with Crippen molar-refractivity contribution in [1.82, 2.24) is 15.5 Å². The van der Waals surface area contributed by atoms with Crippen molar-refractivity contribution >= 4 is 17.2 Å². The van der Waals surface area contributed by atoms with Crippen molar-refractivity contribution in [2.24, 2.45) is 0 Å². The number of thiophene rings is 1. The molecule has 2 aromatic heterocycles. The Morgan fingerprint density at radius 1 is 1.56 bits per heavy atom. The summed E-state index contributed by atoms with van der Waals surface area (Å²) in [5.41, 5.74) is 0.916. The molecule has 96 valence electrons. The number of aliphatic hydroxyl groups excluding tert-OH is 1. The van der Waals surface area contributed by atoms with Crippen LogP contribution < -0.4 is 5.32 Å². The topological polar surface area (TPSA) is 88.2 Å². The average Bonchev–Trinajstić information content (AvgIpc) is 3.03. The van der Waals surface area contributed by atoms with Gasteiger partial charge in [-0.3, -0.25) is 4.79 Å². The number of carbonyl (C=O) groups is 1. The molecule has 0 aliphatic rings. The summed E-state index contributed by atoms with van der Waals surface area (Å²) < 4.78 is 5.06. The molecule has 0 radical (unpaired) electrons. The van der Waals surface area contributed by atoms with Crippen LogP contribution in [0.1, 0.15) is 12.3 Å². The van der Waals surface area contributed by atoms with Crippen LogP contribution in [0.4, 0.5) is 0 Å². The summed E-state index contributed by atoms with van der Waals surface area (Å²) in [7, 11) is 0. The molecule has 0 bridgehead atoms. The minimum atomic E-state index is -0.140. The molecular weight excluding hydrogens is 254 g/mol. The van der Waals surface area contributed by atoms with E-state index in [9.17, 15) is 4.79 Å². The molecule has 1 amide bonds. The van der Waals surface area contributed by atoms with E-state index in [4.69, 9.17) is 9.63 Å². The molecule has 6 nitrogen and oxygen atoms in total. The Hall–Kier alpha value is -1.73. The molecule has 2 rings (SSSR count). The number of amides is 1. The highest BCUT2D eigenvalue weighted by molar-refractivity contribution is 7.08. The standard InChI is InChI=1S/C11H13N3O3S/c15-5-4-12-9(16)1-2-10-13-11(14-17-10)8-3-6-18-7-8/h3,6-7,15H,1-2,4-5H2,(H,12,16). The van der Waals surface area contributed by atoms with Gasteiger partial charge in [0.25, 0.3) is 0 Å². The van der Waals surface area contributed by atoms with Gasteiger partial charge < -0.3 is 14.9 Å². The quantitative estimate of drug-likeness (QED) is 0.809. The molecule has 2 heterocycles. The van der Waals surface area contributed by atoms with Crippen LogP contribution in [0.2, 0.25) is 0 Å². The first-order valence-corrected chi connectivity index (χ1v) is 6.46. The Morgan fingerprint density at radius 3 is 3.17 bits per heavy atom. The minimum absolute atomic E-state index is 0.0609. The second kappa shape index (κ2) is 6.27. The van der Waals surface area contributed by atoms with Crippen LogP contribution in [0.15, 0.2) is 21.3 Å². The Kier molecular flexibility index (Phi) is 4.43. The molecule has 2 aromatic rings. The van der Waals surface area contributed by atoms with Crippen LogP contribution in [-0.4, -0.2) is 34.3 Å². The minimum Gasteiger partial charge on any atom is -0.395 e. The highest BCUT2D eigenvalue weighted by Gasteiger charge is 2.10. The fraction of sp³-hybridized carbons (Fsp3) is 0.364. The molecule has 2 N–H and O–H groups in total. The van der Waals surface area contributed by atoms with Gasteiger partial charge in [-0.2, -0.15) is 16.3 Å². The van der Waals surface area contributed by atoms with Gasteiger partial charge >= 0.3 is 0 Å². The lowest BCUT2D eigenvalue weighted by Crippen LogP contribution is -2.26. The highest BCUT2D eigenvalue weighted by Crippen LogP contribution is 2.18. The van der Waals surface area contributed by atoms with Gasteiger partial charge in [-0.1, -0.05) is 5.16 Å². The molecule has 0 saturated heterocycles. The van der Waals surface area contributed by atoms with E-state index in [-0.39, 0.29) is 25.5 Å². The fourth-order valence-corrected chi connectivity index (χ4v) is 2.00. The van der Waals surface area contributed by atoms with Crippen molar-refractivity contribution in [3.05, 3.63) is 22.7 Å². The molecule has 0 aliphatic heterocycles. The summed E-state index contributed by atoms with van der Waals surface area (Å²) in [6.07, 6.45) is 0.666. The summed E-state index contributed by atoms with van der Waals surface area (Å²) >= 11 is 1.56. The van der Waals surface area contributed by atoms with Crippen molar-refractivity contribution in [2.45, 2.75) is 12.8 Å². The Bertz CT molecular complexity index is 495. The number of nitrogens with zero attached hydrogens (tertiary/aromatic N) is 2. The van der Waals surface area contributed by atoms with Crippen LogP contribution in [0.3, 0.4) is 0 Å². The predicted molar refractivity (Wildman–Crippen MR) is 66.0 cm³/mol. The van der Waals surface area contributed by atoms with E-state index in [1.165, 1.54) is 0 Å². The lowest BCUT2D eigenvalue weighted by Gasteiger charge is -1.99. The lowest BCUT2D eigenvalue weighted by atomic mass is 10.3. The van der Waals surface area contributed by atoms with E-state index in [0.29, 0.717) is 18.1 Å². The lowest BCUT2D eigenvalue weighted by molar-refractivity contribution is -0.121. The van der Waals surface area contributed by atoms with E-state index < -0.39 is 0 Å². The number of hydrogen-bond acceptors (Lipinski definition) is 6. The number of aryl methyl sites for hydroxylation is 1. The van der Waals surface area contributed by atoms with E-state index in [1.54, 1.807) is 11.3 Å². The first-order valence-electron chi connectivity index (χ1n) is 5.52. The second-order valence-electron chi connectivity index (χ2n) is 3.60. The fourth-order valence-electron chi connectivity index (χ4n) is 1.37. The van der Waals surface area contributed by atoms with Crippen molar-refractivity contribution < 1.29 is 14.4 Å². The third-order valence-electron chi connectivity index (χ3n) is 2.25. The molecule has 7 heteroatoms. The molecule has 0 aromatic carbocycles. The van der Waals surface area contributed by atoms with Gasteiger partial charge in [0.1, 0.15) is 0 Å². The normalized spacial score (nSPS) is 10.5. The van der Waals surface area contributed by atoms with Crippen LogP contribution in [0.25, 0.3) is 11.4 Å². The zero-order valence-electron chi connectivity index (χ0n) is 9.63. The van der Waals surface area contributed by atoms with Crippen molar-refractivity contribution in [2.75, 3.05) is 13.2 Å². The van der Waals surface area contributed by atoms with Gasteiger partial charge in [0.2, 0.25) is 17.6 Å². The monoisotopic (exact) mass is 267 g/mol. The van der Waals surface area contributed by atoms with Gasteiger partial charge in [-0.25, -0.2) is 0 Å². The SMILES string of the molecule is O=C(CCc1nc(-c2ccsc2)no1)NCCO. The van der Waals surface area contributed by atoms with E-state index in [2.05, 4.69) is 15.5 Å². The molecular formula is C11H13N3O3S. The van der Waals surface area contributed by atoms with Gasteiger partial charge in [-0.05, 0) is 11.4 Å². The van der Waals surface area contributed by atoms with Crippen LogP contribution in [0.5, 0.6) is 0 Å². The average molecular weight is 267 g/mol. The van der Waals surface area contributed by atoms with E-state index in [1.807, 2.05) is 16.8 Å². The summed E-state index contributed by atoms with van der Waals surface area (Å²) in [6, 6.07) is 1.91. The third kappa shape index (κ3) is 3.38. The Labute approximate surface area is 108 Å². The van der Waals surface area contributed by atoms with E-state index in [0.717, 1.165) is 5.56 Å². The van der Waals surface area contributed by atoms with Crippen LogP contribution in [0, 0.1) is 0 Å².